The molecule has 0 aromatic rings. The average Bonchev–Trinajstić information content (AvgIpc) is 2.23. The monoisotopic (exact) mass is 266 g/mol. The van der Waals surface area contributed by atoms with Gasteiger partial charge in [-0.2, -0.15) is 0 Å². The summed E-state index contributed by atoms with van der Waals surface area (Å²) in [4.78, 5) is 0. The molecule has 5 nitrogen and oxygen atoms in total. The summed E-state index contributed by atoms with van der Waals surface area (Å²) in [6.07, 6.45) is 4.60. The maximum Gasteiger partial charge on any atom is 0.147 e. The molecule has 3 N–H and O–H groups in total. The van der Waals surface area contributed by atoms with Gasteiger partial charge in [-0.05, 0) is 26.2 Å². The minimum atomic E-state index is -2.89. The Kier molecular flexibility index (Phi) is 8.77. The largest absolute Gasteiger partial charge is 0.377 e. The van der Waals surface area contributed by atoms with E-state index in [4.69, 9.17) is 10.6 Å². The summed E-state index contributed by atoms with van der Waals surface area (Å²) in [7, 11) is -2.89. The van der Waals surface area contributed by atoms with Crippen LogP contribution in [-0.4, -0.2) is 39.2 Å². The van der Waals surface area contributed by atoms with Gasteiger partial charge >= 0.3 is 0 Å². The summed E-state index contributed by atoms with van der Waals surface area (Å²) in [5, 5.41) is 0. The van der Waals surface area contributed by atoms with E-state index in [1.165, 1.54) is 6.26 Å². The van der Waals surface area contributed by atoms with Crippen LogP contribution in [0, 0.1) is 0 Å². The Morgan fingerprint density at radius 1 is 1.29 bits per heavy atom. The van der Waals surface area contributed by atoms with Gasteiger partial charge in [0.2, 0.25) is 0 Å². The highest BCUT2D eigenvalue weighted by Crippen LogP contribution is 2.12. The normalized spacial score (nSPS) is 15.8. The third-order valence-corrected chi connectivity index (χ3v) is 3.68. The van der Waals surface area contributed by atoms with Crippen molar-refractivity contribution >= 4 is 9.84 Å². The minimum Gasteiger partial charge on any atom is -0.377 e. The van der Waals surface area contributed by atoms with Gasteiger partial charge in [-0.3, -0.25) is 11.3 Å². The molecule has 2 atom stereocenters. The second-order valence-corrected chi connectivity index (χ2v) is 6.59. The van der Waals surface area contributed by atoms with Crippen molar-refractivity contribution in [3.63, 3.8) is 0 Å². The number of hydrazine groups is 1. The fraction of sp³-hybridized carbons (Fsp3) is 1.00. The van der Waals surface area contributed by atoms with Gasteiger partial charge in [0.1, 0.15) is 9.84 Å². The molecule has 17 heavy (non-hydrogen) atoms. The fourth-order valence-electron chi connectivity index (χ4n) is 1.84. The van der Waals surface area contributed by atoms with Crippen LogP contribution in [0.3, 0.4) is 0 Å². The van der Waals surface area contributed by atoms with Crippen LogP contribution < -0.4 is 11.3 Å². The van der Waals surface area contributed by atoms with Crippen LogP contribution in [0.1, 0.15) is 39.5 Å². The first-order valence-electron chi connectivity index (χ1n) is 6.20. The first-order chi connectivity index (χ1) is 7.94. The Morgan fingerprint density at radius 3 is 2.35 bits per heavy atom. The molecule has 0 aliphatic rings. The highest BCUT2D eigenvalue weighted by molar-refractivity contribution is 7.90. The van der Waals surface area contributed by atoms with Crippen LogP contribution in [0.4, 0.5) is 0 Å². The summed E-state index contributed by atoms with van der Waals surface area (Å²) >= 11 is 0. The van der Waals surface area contributed by atoms with E-state index in [1.54, 1.807) is 0 Å². The molecular formula is C11H26N2O3S. The van der Waals surface area contributed by atoms with E-state index < -0.39 is 9.84 Å². The van der Waals surface area contributed by atoms with E-state index in [1.807, 2.05) is 6.92 Å². The molecular weight excluding hydrogens is 240 g/mol. The average molecular weight is 266 g/mol. The summed E-state index contributed by atoms with van der Waals surface area (Å²) < 4.78 is 27.7. The van der Waals surface area contributed by atoms with Gasteiger partial charge in [0.25, 0.3) is 0 Å². The molecule has 0 aromatic carbocycles. The molecule has 0 radical (unpaired) electrons. The van der Waals surface area contributed by atoms with Crippen molar-refractivity contribution < 1.29 is 13.2 Å². The second-order valence-electron chi connectivity index (χ2n) is 4.33. The predicted molar refractivity (Wildman–Crippen MR) is 70.4 cm³/mol. The van der Waals surface area contributed by atoms with Gasteiger partial charge in [-0.15, -0.1) is 0 Å². The number of ether oxygens (including phenoxy) is 1. The minimum absolute atomic E-state index is 0.0247. The Balaban J connectivity index is 4.17. The van der Waals surface area contributed by atoms with Gasteiger partial charge in [-0.1, -0.05) is 13.3 Å². The van der Waals surface area contributed by atoms with Crippen LogP contribution in [0.2, 0.25) is 0 Å². The maximum atomic E-state index is 11.0. The highest BCUT2D eigenvalue weighted by Gasteiger charge is 2.20. The molecule has 0 saturated carbocycles. The molecule has 0 spiro atoms. The lowest BCUT2D eigenvalue weighted by Gasteiger charge is -2.26. The van der Waals surface area contributed by atoms with E-state index in [2.05, 4.69) is 12.3 Å². The molecule has 0 fully saturated rings. The van der Waals surface area contributed by atoms with Crippen molar-refractivity contribution in [3.05, 3.63) is 0 Å². The predicted octanol–water partition coefficient (Wildman–Crippen LogP) is 0.848. The number of hydrogen-bond acceptors (Lipinski definition) is 5. The van der Waals surface area contributed by atoms with Crippen LogP contribution in [-0.2, 0) is 14.6 Å². The van der Waals surface area contributed by atoms with E-state index in [-0.39, 0.29) is 17.9 Å². The van der Waals surface area contributed by atoms with Gasteiger partial charge in [-0.25, -0.2) is 8.42 Å². The molecule has 0 aliphatic carbocycles. The molecule has 6 heteroatoms. The fourth-order valence-corrected chi connectivity index (χ4v) is 2.53. The van der Waals surface area contributed by atoms with Gasteiger partial charge < -0.3 is 4.74 Å². The first-order valence-corrected chi connectivity index (χ1v) is 8.26. The molecule has 0 aromatic heterocycles. The zero-order valence-electron chi connectivity index (χ0n) is 11.1. The topological polar surface area (TPSA) is 81.4 Å². The van der Waals surface area contributed by atoms with Crippen molar-refractivity contribution in [2.45, 2.75) is 51.7 Å². The van der Waals surface area contributed by atoms with Crippen molar-refractivity contribution in [2.24, 2.45) is 5.84 Å². The zero-order chi connectivity index (χ0) is 13.3. The van der Waals surface area contributed by atoms with E-state index in [0.717, 1.165) is 12.8 Å². The first kappa shape index (κ1) is 16.8. The molecule has 0 saturated heterocycles. The molecule has 0 heterocycles. The van der Waals surface area contributed by atoms with Crippen LogP contribution in [0.5, 0.6) is 0 Å². The van der Waals surface area contributed by atoms with E-state index in [0.29, 0.717) is 19.4 Å². The third kappa shape index (κ3) is 8.54. The molecule has 0 rings (SSSR count). The zero-order valence-corrected chi connectivity index (χ0v) is 11.9. The number of nitrogens with two attached hydrogens (primary N) is 1. The molecule has 0 bridgehead atoms. The van der Waals surface area contributed by atoms with Crippen LogP contribution in [0.25, 0.3) is 0 Å². The Labute approximate surface area is 105 Å². The summed E-state index contributed by atoms with van der Waals surface area (Å²) in [6, 6.07) is 0.0247. The number of rotatable bonds is 10. The van der Waals surface area contributed by atoms with Crippen molar-refractivity contribution in [1.29, 1.82) is 0 Å². The molecule has 104 valence electrons. The lowest BCUT2D eigenvalue weighted by molar-refractivity contribution is 0.0258. The lowest BCUT2D eigenvalue weighted by atomic mass is 10.0. The highest BCUT2D eigenvalue weighted by atomic mass is 32.2. The Hall–Kier alpha value is -0.170. The van der Waals surface area contributed by atoms with Gasteiger partial charge in [0.15, 0.2) is 0 Å². The molecule has 0 amide bonds. The smallest absolute Gasteiger partial charge is 0.147 e. The SMILES string of the molecule is CCCC(OCC)C(CCCS(C)(=O)=O)NN. The molecule has 2 unspecified atom stereocenters. The van der Waals surface area contributed by atoms with E-state index in [9.17, 15) is 8.42 Å². The summed E-state index contributed by atoms with van der Waals surface area (Å²) in [5.74, 6) is 5.71. The Morgan fingerprint density at radius 2 is 1.94 bits per heavy atom. The summed E-state index contributed by atoms with van der Waals surface area (Å²) in [6.45, 7) is 4.69. The number of nitrogens with one attached hydrogen (secondary N) is 1. The second kappa shape index (κ2) is 8.85. The van der Waals surface area contributed by atoms with Gasteiger partial charge in [0.05, 0.1) is 6.10 Å². The number of hydrogen-bond donors (Lipinski definition) is 2. The van der Waals surface area contributed by atoms with Crippen molar-refractivity contribution in [1.82, 2.24) is 5.43 Å². The van der Waals surface area contributed by atoms with Gasteiger partial charge in [0, 0.05) is 24.7 Å². The van der Waals surface area contributed by atoms with Crippen LogP contribution >= 0.6 is 0 Å². The van der Waals surface area contributed by atoms with Crippen molar-refractivity contribution in [3.8, 4) is 0 Å². The standard InChI is InChI=1S/C11H26N2O3S/c1-4-7-11(16-5-2)10(13-12)8-6-9-17(3,14)15/h10-11,13H,4-9,12H2,1-3H3. The van der Waals surface area contributed by atoms with Crippen LogP contribution in [0.15, 0.2) is 0 Å². The number of sulfone groups is 1. The Bertz CT molecular complexity index is 274. The maximum absolute atomic E-state index is 11.0. The summed E-state index contributed by atoms with van der Waals surface area (Å²) in [5.41, 5.74) is 2.74. The van der Waals surface area contributed by atoms with Crippen molar-refractivity contribution in [2.75, 3.05) is 18.6 Å². The van der Waals surface area contributed by atoms with E-state index >= 15 is 0 Å². The lowest BCUT2D eigenvalue weighted by Crippen LogP contribution is -2.45. The molecule has 0 aliphatic heterocycles. The third-order valence-electron chi connectivity index (χ3n) is 2.65. The quantitative estimate of drug-likeness (QED) is 0.452.